The summed E-state index contributed by atoms with van der Waals surface area (Å²) in [5.41, 5.74) is 6.73. The number of hydroxylamine groups is 1. The summed E-state index contributed by atoms with van der Waals surface area (Å²) in [6.07, 6.45) is -0.947. The van der Waals surface area contributed by atoms with Gasteiger partial charge in [0, 0.05) is 18.9 Å². The number of rotatable bonds is 10. The number of alkyl carbamates (subject to hydrolysis) is 1. The van der Waals surface area contributed by atoms with Crippen LogP contribution in [0.2, 0.25) is 0 Å². The number of carboxylic acid groups (broad SMARTS) is 1. The Bertz CT molecular complexity index is 931. The van der Waals surface area contributed by atoms with E-state index in [2.05, 4.69) is 35.1 Å². The van der Waals surface area contributed by atoms with E-state index in [4.69, 9.17) is 14.7 Å². The third-order valence-corrected chi connectivity index (χ3v) is 5.63. The molecule has 8 heteroatoms. The Morgan fingerprint density at radius 1 is 1.03 bits per heavy atom. The van der Waals surface area contributed by atoms with Gasteiger partial charge in [-0.3, -0.25) is 9.63 Å². The lowest BCUT2D eigenvalue weighted by atomic mass is 9.98. The fourth-order valence-corrected chi connectivity index (χ4v) is 3.75. The topological polar surface area (TPSA) is 114 Å². The van der Waals surface area contributed by atoms with Gasteiger partial charge in [-0.15, -0.1) is 0 Å². The quantitative estimate of drug-likeness (QED) is 0.488. The summed E-state index contributed by atoms with van der Waals surface area (Å²) >= 11 is 0. The van der Waals surface area contributed by atoms with Gasteiger partial charge in [0.15, 0.2) is 6.10 Å². The Labute approximate surface area is 186 Å². The van der Waals surface area contributed by atoms with Crippen molar-refractivity contribution in [2.24, 2.45) is 5.92 Å². The van der Waals surface area contributed by atoms with E-state index >= 15 is 0 Å². The number of benzene rings is 2. The molecule has 2 unspecified atom stereocenters. The summed E-state index contributed by atoms with van der Waals surface area (Å²) in [6.45, 7) is 3.70. The Morgan fingerprint density at radius 3 is 2.19 bits per heavy atom. The minimum absolute atomic E-state index is 0.0192. The highest BCUT2D eigenvalue weighted by atomic mass is 16.7. The third kappa shape index (κ3) is 5.64. The number of ether oxygens (including phenoxy) is 1. The van der Waals surface area contributed by atoms with Crippen molar-refractivity contribution in [3.8, 4) is 11.1 Å². The summed E-state index contributed by atoms with van der Waals surface area (Å²) in [5.74, 6) is -1.78. The van der Waals surface area contributed by atoms with Gasteiger partial charge in [-0.2, -0.15) is 0 Å². The van der Waals surface area contributed by atoms with E-state index in [-0.39, 0.29) is 31.4 Å². The van der Waals surface area contributed by atoms with Crippen LogP contribution < -0.4 is 10.8 Å². The van der Waals surface area contributed by atoms with Gasteiger partial charge in [0.25, 0.3) is 0 Å². The second-order valence-electron chi connectivity index (χ2n) is 7.81. The summed E-state index contributed by atoms with van der Waals surface area (Å²) in [4.78, 5) is 39.7. The van der Waals surface area contributed by atoms with E-state index in [1.165, 1.54) is 6.92 Å². The zero-order valence-electron chi connectivity index (χ0n) is 18.2. The van der Waals surface area contributed by atoms with Gasteiger partial charge in [-0.05, 0) is 35.1 Å². The van der Waals surface area contributed by atoms with Crippen LogP contribution >= 0.6 is 0 Å². The zero-order chi connectivity index (χ0) is 23.1. The monoisotopic (exact) mass is 440 g/mol. The largest absolute Gasteiger partial charge is 0.479 e. The van der Waals surface area contributed by atoms with Crippen LogP contribution in [-0.4, -0.2) is 42.3 Å². The van der Waals surface area contributed by atoms with Gasteiger partial charge in [0.1, 0.15) is 6.61 Å². The number of aliphatic carboxylic acids is 1. The molecule has 0 aromatic heterocycles. The molecule has 3 N–H and O–H groups in total. The highest BCUT2D eigenvalue weighted by Gasteiger charge is 2.29. The zero-order valence-corrected chi connectivity index (χ0v) is 18.2. The number of carboxylic acids is 1. The predicted molar refractivity (Wildman–Crippen MR) is 118 cm³/mol. The van der Waals surface area contributed by atoms with Crippen molar-refractivity contribution >= 4 is 18.0 Å². The van der Waals surface area contributed by atoms with E-state index in [1.54, 1.807) is 0 Å². The van der Waals surface area contributed by atoms with E-state index in [0.29, 0.717) is 6.42 Å². The molecule has 0 heterocycles. The molecule has 2 amide bonds. The maximum atomic E-state index is 12.3. The Kier molecular flexibility index (Phi) is 7.83. The molecule has 2 aromatic carbocycles. The van der Waals surface area contributed by atoms with Crippen LogP contribution in [0.25, 0.3) is 11.1 Å². The lowest BCUT2D eigenvalue weighted by Gasteiger charge is -2.17. The number of carbonyl (C=O) groups is 3. The van der Waals surface area contributed by atoms with E-state index in [1.807, 2.05) is 31.2 Å². The van der Waals surface area contributed by atoms with E-state index in [9.17, 15) is 14.4 Å². The lowest BCUT2D eigenvalue weighted by Crippen LogP contribution is -2.36. The van der Waals surface area contributed by atoms with Crippen LogP contribution in [0.15, 0.2) is 48.5 Å². The summed E-state index contributed by atoms with van der Waals surface area (Å²) < 4.78 is 5.50. The molecule has 0 radical (unpaired) electrons. The molecule has 1 aliphatic carbocycles. The average molecular weight is 440 g/mol. The molecule has 0 fully saturated rings. The third-order valence-electron chi connectivity index (χ3n) is 5.63. The molecule has 0 aliphatic heterocycles. The van der Waals surface area contributed by atoms with Gasteiger partial charge in [0.2, 0.25) is 5.91 Å². The Morgan fingerprint density at radius 2 is 1.62 bits per heavy atom. The fourth-order valence-electron chi connectivity index (χ4n) is 3.75. The summed E-state index contributed by atoms with van der Waals surface area (Å²) in [5, 5.41) is 11.5. The highest BCUT2D eigenvalue weighted by Crippen LogP contribution is 2.44. The number of fused-ring (bicyclic) bond motifs is 3. The van der Waals surface area contributed by atoms with Gasteiger partial charge >= 0.3 is 12.1 Å². The van der Waals surface area contributed by atoms with Crippen molar-refractivity contribution in [3.63, 3.8) is 0 Å². The van der Waals surface area contributed by atoms with Crippen LogP contribution in [0.5, 0.6) is 0 Å². The normalized spacial score (nSPS) is 14.1. The van der Waals surface area contributed by atoms with Gasteiger partial charge < -0.3 is 15.2 Å². The van der Waals surface area contributed by atoms with Crippen LogP contribution in [0.3, 0.4) is 0 Å². The Hall–Kier alpha value is -3.39. The van der Waals surface area contributed by atoms with Gasteiger partial charge in [-0.25, -0.2) is 15.1 Å². The second-order valence-corrected chi connectivity index (χ2v) is 7.81. The van der Waals surface area contributed by atoms with E-state index in [0.717, 1.165) is 22.3 Å². The second kappa shape index (κ2) is 10.8. The molecule has 1 aliphatic rings. The minimum Gasteiger partial charge on any atom is -0.479 e. The molecular formula is C24H28N2O6. The number of hydrogen-bond acceptors (Lipinski definition) is 5. The minimum atomic E-state index is -1.17. The van der Waals surface area contributed by atoms with Crippen molar-refractivity contribution in [1.82, 2.24) is 10.8 Å². The van der Waals surface area contributed by atoms with Crippen molar-refractivity contribution in [1.29, 1.82) is 0 Å². The first kappa shape index (κ1) is 23.3. The first-order valence-electron chi connectivity index (χ1n) is 10.7. The first-order valence-corrected chi connectivity index (χ1v) is 10.7. The highest BCUT2D eigenvalue weighted by molar-refractivity contribution is 5.79. The SMILES string of the molecule is CCC(CNC(=O)OCC1c2ccccc2-c2ccccc21)CC(=O)NOC(C)C(=O)O. The number of amides is 2. The number of nitrogens with one attached hydrogen (secondary N) is 2. The maximum Gasteiger partial charge on any atom is 0.407 e. The smallest absolute Gasteiger partial charge is 0.407 e. The molecular weight excluding hydrogens is 412 g/mol. The molecule has 3 rings (SSSR count). The molecule has 2 atom stereocenters. The Balaban J connectivity index is 1.48. The van der Waals surface area contributed by atoms with E-state index < -0.39 is 24.1 Å². The van der Waals surface area contributed by atoms with Crippen molar-refractivity contribution in [2.75, 3.05) is 13.2 Å². The molecule has 0 bridgehead atoms. The predicted octanol–water partition coefficient (Wildman–Crippen LogP) is 3.46. The van der Waals surface area contributed by atoms with Crippen LogP contribution in [0.1, 0.15) is 43.7 Å². The fraction of sp³-hybridized carbons (Fsp3) is 0.375. The number of carbonyl (C=O) groups excluding carboxylic acids is 2. The van der Waals surface area contributed by atoms with Gasteiger partial charge in [0.05, 0.1) is 0 Å². The van der Waals surface area contributed by atoms with Crippen molar-refractivity contribution in [2.45, 2.75) is 38.7 Å². The van der Waals surface area contributed by atoms with Crippen LogP contribution in [0, 0.1) is 5.92 Å². The molecule has 32 heavy (non-hydrogen) atoms. The molecule has 0 saturated carbocycles. The van der Waals surface area contributed by atoms with Gasteiger partial charge in [-0.1, -0.05) is 61.9 Å². The van der Waals surface area contributed by atoms with Crippen molar-refractivity contribution < 1.29 is 29.1 Å². The molecule has 0 spiro atoms. The standard InChI is InChI=1S/C24H28N2O6/c1-3-16(12-22(27)26-32-15(2)23(28)29)13-25-24(30)31-14-21-19-10-6-4-8-17(19)18-9-5-7-11-20(18)21/h4-11,15-16,21H,3,12-14H2,1-2H3,(H,25,30)(H,26,27)(H,28,29). The number of hydrogen-bond donors (Lipinski definition) is 3. The summed E-state index contributed by atoms with van der Waals surface area (Å²) in [6, 6.07) is 16.2. The molecule has 8 nitrogen and oxygen atoms in total. The average Bonchev–Trinajstić information content (AvgIpc) is 3.12. The molecule has 0 saturated heterocycles. The molecule has 2 aromatic rings. The molecule has 170 valence electrons. The summed E-state index contributed by atoms with van der Waals surface area (Å²) in [7, 11) is 0. The van der Waals surface area contributed by atoms with Crippen LogP contribution in [0.4, 0.5) is 4.79 Å². The van der Waals surface area contributed by atoms with Crippen LogP contribution in [-0.2, 0) is 19.2 Å². The lowest BCUT2D eigenvalue weighted by molar-refractivity contribution is -0.159. The first-order chi connectivity index (χ1) is 15.4. The maximum absolute atomic E-state index is 12.3. The van der Waals surface area contributed by atoms with Crippen molar-refractivity contribution in [3.05, 3.63) is 59.7 Å².